The number of phenolic OH excluding ortho intramolecular Hbond substituents is 1. The molecule has 5 nitrogen and oxygen atoms in total. The Hall–Kier alpha value is -2.01. The maximum Gasteiger partial charge on any atom is 0.246 e. The second-order valence-electron chi connectivity index (χ2n) is 4.89. The van der Waals surface area contributed by atoms with Crippen molar-refractivity contribution in [3.63, 3.8) is 0 Å². The number of amides is 1. The molecule has 0 bridgehead atoms. The Bertz CT molecular complexity index is 506. The van der Waals surface area contributed by atoms with Crippen LogP contribution in [0.4, 0.5) is 0 Å². The Morgan fingerprint density at radius 2 is 2.00 bits per heavy atom. The van der Waals surface area contributed by atoms with Gasteiger partial charge in [0.05, 0.1) is 7.11 Å². The molecule has 0 radical (unpaired) electrons. The van der Waals surface area contributed by atoms with Gasteiger partial charge in [-0.15, -0.1) is 0 Å². The molecular formula is C15H20N2O3. The summed E-state index contributed by atoms with van der Waals surface area (Å²) >= 11 is 0. The lowest BCUT2D eigenvalue weighted by molar-refractivity contribution is -0.127. The minimum absolute atomic E-state index is 0.0186. The maximum atomic E-state index is 12.0. The van der Waals surface area contributed by atoms with E-state index in [0.717, 1.165) is 31.7 Å². The molecule has 1 N–H and O–H groups in total. The first kappa shape index (κ1) is 14.4. The molecule has 2 rings (SSSR count). The minimum Gasteiger partial charge on any atom is -0.504 e. The Morgan fingerprint density at radius 3 is 2.65 bits per heavy atom. The van der Waals surface area contributed by atoms with Crippen LogP contribution < -0.4 is 4.74 Å². The SMILES string of the molecule is COc1cc(C=CC(=O)N2CCN(C)CC2)ccc1O. The van der Waals surface area contributed by atoms with Crippen LogP contribution in [-0.4, -0.2) is 61.2 Å². The maximum absolute atomic E-state index is 12.0. The molecule has 0 atom stereocenters. The molecule has 0 aromatic heterocycles. The van der Waals surface area contributed by atoms with E-state index in [1.165, 1.54) is 7.11 Å². The second-order valence-corrected chi connectivity index (χ2v) is 4.89. The zero-order valence-corrected chi connectivity index (χ0v) is 11.9. The van der Waals surface area contributed by atoms with Gasteiger partial charge in [0.15, 0.2) is 11.5 Å². The smallest absolute Gasteiger partial charge is 0.246 e. The van der Waals surface area contributed by atoms with Crippen molar-refractivity contribution in [2.75, 3.05) is 40.3 Å². The number of carbonyl (C=O) groups is 1. The Kier molecular flexibility index (Phi) is 4.63. The number of aromatic hydroxyl groups is 1. The molecule has 1 aromatic carbocycles. The van der Waals surface area contributed by atoms with Gasteiger partial charge in [0.2, 0.25) is 5.91 Å². The number of hydrogen-bond acceptors (Lipinski definition) is 4. The Balaban J connectivity index is 2.00. The number of benzene rings is 1. The van der Waals surface area contributed by atoms with Crippen LogP contribution in [0.3, 0.4) is 0 Å². The van der Waals surface area contributed by atoms with Gasteiger partial charge in [-0.2, -0.15) is 0 Å². The number of ether oxygens (including phenoxy) is 1. The van der Waals surface area contributed by atoms with Gasteiger partial charge in [0.1, 0.15) is 0 Å². The van der Waals surface area contributed by atoms with Crippen LogP contribution in [0.15, 0.2) is 24.3 Å². The number of nitrogens with zero attached hydrogens (tertiary/aromatic N) is 2. The van der Waals surface area contributed by atoms with Crippen LogP contribution in [0.1, 0.15) is 5.56 Å². The molecule has 0 saturated carbocycles. The highest BCUT2D eigenvalue weighted by Crippen LogP contribution is 2.26. The van der Waals surface area contributed by atoms with Gasteiger partial charge in [-0.1, -0.05) is 6.07 Å². The van der Waals surface area contributed by atoms with E-state index < -0.39 is 0 Å². The van der Waals surface area contributed by atoms with E-state index in [0.29, 0.717) is 5.75 Å². The summed E-state index contributed by atoms with van der Waals surface area (Å²) in [5.74, 6) is 0.513. The van der Waals surface area contributed by atoms with E-state index in [1.54, 1.807) is 30.4 Å². The first-order valence-corrected chi connectivity index (χ1v) is 6.62. The molecule has 108 valence electrons. The average Bonchev–Trinajstić information content (AvgIpc) is 2.46. The molecule has 1 saturated heterocycles. The first-order chi connectivity index (χ1) is 9.60. The van der Waals surface area contributed by atoms with Crippen molar-refractivity contribution < 1.29 is 14.6 Å². The molecule has 0 aliphatic carbocycles. The zero-order valence-electron chi connectivity index (χ0n) is 11.9. The predicted molar refractivity (Wildman–Crippen MR) is 77.8 cm³/mol. The van der Waals surface area contributed by atoms with E-state index >= 15 is 0 Å². The molecular weight excluding hydrogens is 256 g/mol. The highest BCUT2D eigenvalue weighted by molar-refractivity contribution is 5.92. The van der Waals surface area contributed by atoms with E-state index in [-0.39, 0.29) is 11.7 Å². The van der Waals surface area contributed by atoms with Gasteiger partial charge in [0.25, 0.3) is 0 Å². The summed E-state index contributed by atoms with van der Waals surface area (Å²) in [6.07, 6.45) is 3.31. The van der Waals surface area contributed by atoms with Crippen molar-refractivity contribution >= 4 is 12.0 Å². The topological polar surface area (TPSA) is 53.0 Å². The lowest BCUT2D eigenvalue weighted by atomic mass is 10.2. The summed E-state index contributed by atoms with van der Waals surface area (Å²) in [5, 5.41) is 9.51. The summed E-state index contributed by atoms with van der Waals surface area (Å²) in [7, 11) is 3.55. The van der Waals surface area contributed by atoms with Gasteiger partial charge in [0, 0.05) is 32.3 Å². The normalized spacial score (nSPS) is 16.6. The number of carbonyl (C=O) groups excluding carboxylic acids is 1. The monoisotopic (exact) mass is 276 g/mol. The van der Waals surface area contributed by atoms with Gasteiger partial charge in [-0.25, -0.2) is 0 Å². The number of likely N-dealkylation sites (N-methyl/N-ethyl adjacent to an activating group) is 1. The fourth-order valence-corrected chi connectivity index (χ4v) is 2.10. The third-order valence-corrected chi connectivity index (χ3v) is 3.44. The van der Waals surface area contributed by atoms with Crippen LogP contribution in [0, 0.1) is 0 Å². The lowest BCUT2D eigenvalue weighted by Gasteiger charge is -2.31. The fourth-order valence-electron chi connectivity index (χ4n) is 2.10. The molecule has 1 heterocycles. The van der Waals surface area contributed by atoms with Gasteiger partial charge >= 0.3 is 0 Å². The minimum atomic E-state index is 0.0186. The lowest BCUT2D eigenvalue weighted by Crippen LogP contribution is -2.46. The van der Waals surface area contributed by atoms with Crippen molar-refractivity contribution in [1.82, 2.24) is 9.80 Å². The Labute approximate surface area is 119 Å². The standard InChI is InChI=1S/C15H20N2O3/c1-16-7-9-17(10-8-16)15(19)6-4-12-3-5-13(18)14(11-12)20-2/h3-6,11,18H,7-10H2,1-2H3. The van der Waals surface area contributed by atoms with Crippen LogP contribution in [0.25, 0.3) is 6.08 Å². The molecule has 1 aromatic rings. The largest absolute Gasteiger partial charge is 0.504 e. The first-order valence-electron chi connectivity index (χ1n) is 6.62. The predicted octanol–water partition coefficient (Wildman–Crippen LogP) is 1.19. The van der Waals surface area contributed by atoms with Crippen molar-refractivity contribution in [2.24, 2.45) is 0 Å². The van der Waals surface area contributed by atoms with Crippen LogP contribution in [0.5, 0.6) is 11.5 Å². The van der Waals surface area contributed by atoms with Gasteiger partial charge in [-0.05, 0) is 30.8 Å². The van der Waals surface area contributed by atoms with Gasteiger partial charge in [-0.3, -0.25) is 4.79 Å². The summed E-state index contributed by atoms with van der Waals surface area (Å²) in [4.78, 5) is 16.1. The molecule has 1 aliphatic rings. The number of piperazine rings is 1. The quantitative estimate of drug-likeness (QED) is 0.843. The summed E-state index contributed by atoms with van der Waals surface area (Å²) < 4.78 is 5.04. The number of phenols is 1. The van der Waals surface area contributed by atoms with Gasteiger partial charge < -0.3 is 19.6 Å². The third kappa shape index (κ3) is 3.51. The second kappa shape index (κ2) is 6.43. The number of rotatable bonds is 3. The van der Waals surface area contributed by atoms with Crippen molar-refractivity contribution in [3.8, 4) is 11.5 Å². The van der Waals surface area contributed by atoms with Crippen molar-refractivity contribution in [1.29, 1.82) is 0 Å². The molecule has 1 fully saturated rings. The number of methoxy groups -OCH3 is 1. The molecule has 5 heteroatoms. The average molecular weight is 276 g/mol. The van der Waals surface area contributed by atoms with E-state index in [2.05, 4.69) is 11.9 Å². The molecule has 1 amide bonds. The summed E-state index contributed by atoms with van der Waals surface area (Å²) in [5.41, 5.74) is 0.821. The summed E-state index contributed by atoms with van der Waals surface area (Å²) in [6, 6.07) is 4.99. The zero-order chi connectivity index (χ0) is 14.5. The van der Waals surface area contributed by atoms with E-state index in [9.17, 15) is 9.90 Å². The summed E-state index contributed by atoms with van der Waals surface area (Å²) in [6.45, 7) is 3.34. The van der Waals surface area contributed by atoms with Crippen LogP contribution in [-0.2, 0) is 4.79 Å². The van der Waals surface area contributed by atoms with E-state index in [4.69, 9.17) is 4.74 Å². The third-order valence-electron chi connectivity index (χ3n) is 3.44. The van der Waals surface area contributed by atoms with Crippen LogP contribution >= 0.6 is 0 Å². The number of hydrogen-bond donors (Lipinski definition) is 1. The molecule has 0 unspecified atom stereocenters. The fraction of sp³-hybridized carbons (Fsp3) is 0.400. The molecule has 1 aliphatic heterocycles. The van der Waals surface area contributed by atoms with Crippen molar-refractivity contribution in [3.05, 3.63) is 29.8 Å². The van der Waals surface area contributed by atoms with Crippen LogP contribution in [0.2, 0.25) is 0 Å². The Morgan fingerprint density at radius 1 is 1.30 bits per heavy atom. The van der Waals surface area contributed by atoms with Crippen molar-refractivity contribution in [2.45, 2.75) is 0 Å². The highest BCUT2D eigenvalue weighted by atomic mass is 16.5. The molecule has 20 heavy (non-hydrogen) atoms. The van der Waals surface area contributed by atoms with E-state index in [1.807, 2.05) is 4.90 Å². The molecule has 0 spiro atoms. The highest BCUT2D eigenvalue weighted by Gasteiger charge is 2.16.